The molecule has 0 fully saturated rings. The van der Waals surface area contributed by atoms with Gasteiger partial charge in [-0.15, -0.1) is 0 Å². The molecule has 170 valence electrons. The monoisotopic (exact) mass is 483 g/mol. The molecule has 0 bridgehead atoms. The number of halogens is 4. The highest BCUT2D eigenvalue weighted by atomic mass is 35.5. The number of hydrogen-bond acceptors (Lipinski definition) is 6. The summed E-state index contributed by atoms with van der Waals surface area (Å²) in [5, 5.41) is 4.20. The van der Waals surface area contributed by atoms with Crippen molar-refractivity contribution < 1.29 is 22.5 Å². The highest BCUT2D eigenvalue weighted by Gasteiger charge is 2.42. The van der Waals surface area contributed by atoms with E-state index in [1.165, 1.54) is 30.7 Å². The van der Waals surface area contributed by atoms with Gasteiger partial charge in [-0.1, -0.05) is 47.1 Å². The van der Waals surface area contributed by atoms with E-state index in [0.29, 0.717) is 10.6 Å². The van der Waals surface area contributed by atoms with E-state index in [1.54, 1.807) is 36.4 Å². The Kier molecular flexibility index (Phi) is 5.37. The van der Waals surface area contributed by atoms with E-state index in [9.17, 15) is 18.0 Å². The molecule has 0 aliphatic carbocycles. The third-order valence-corrected chi connectivity index (χ3v) is 5.40. The minimum atomic E-state index is -4.84. The van der Waals surface area contributed by atoms with E-state index in [0.717, 1.165) is 4.57 Å². The third kappa shape index (κ3) is 3.92. The summed E-state index contributed by atoms with van der Waals surface area (Å²) in [5.41, 5.74) is -0.579. The maximum Gasteiger partial charge on any atom is 0.432 e. The summed E-state index contributed by atoms with van der Waals surface area (Å²) in [4.78, 5) is 25.0. The second-order valence-electron chi connectivity index (χ2n) is 7.30. The van der Waals surface area contributed by atoms with Crippen LogP contribution in [0.1, 0.15) is 27.4 Å². The molecular formula is C23H13ClF3N5O2. The van der Waals surface area contributed by atoms with Crippen molar-refractivity contribution in [3.8, 4) is 11.6 Å². The van der Waals surface area contributed by atoms with Crippen LogP contribution in [0.5, 0.6) is 0 Å². The third-order valence-electron chi connectivity index (χ3n) is 5.15. The van der Waals surface area contributed by atoms with Crippen molar-refractivity contribution >= 4 is 28.3 Å². The molecule has 0 spiro atoms. The van der Waals surface area contributed by atoms with Crippen molar-refractivity contribution in [2.45, 2.75) is 12.7 Å². The number of fused-ring (bicyclic) bond motifs is 1. The standard InChI is InChI=1S/C23H13ClF3N5O2/c24-14-7-5-13(6-8-14)11-32-17-4-2-1-3-15(17)18(20(32)23(25,26)27)19(33)21-30-22(34-31-21)16-9-10-28-12-29-16/h1-10,12H,11H2. The first-order valence-electron chi connectivity index (χ1n) is 9.90. The summed E-state index contributed by atoms with van der Waals surface area (Å²) in [6.45, 7) is -0.127. The SMILES string of the molecule is O=C(c1noc(-c2ccncn2)n1)c1c(C(F)(F)F)n(Cc2ccc(Cl)cc2)c2ccccc12. The van der Waals surface area contributed by atoms with Crippen molar-refractivity contribution in [2.75, 3.05) is 0 Å². The fourth-order valence-corrected chi connectivity index (χ4v) is 3.84. The minimum absolute atomic E-state index is 0.107. The molecule has 0 saturated carbocycles. The molecule has 0 N–H and O–H groups in total. The van der Waals surface area contributed by atoms with Crippen molar-refractivity contribution in [3.05, 3.63) is 94.8 Å². The summed E-state index contributed by atoms with van der Waals surface area (Å²) < 4.78 is 49.3. The highest BCUT2D eigenvalue weighted by molar-refractivity contribution is 6.30. The van der Waals surface area contributed by atoms with Crippen LogP contribution in [-0.2, 0) is 12.7 Å². The molecule has 7 nitrogen and oxygen atoms in total. The molecule has 34 heavy (non-hydrogen) atoms. The van der Waals surface area contributed by atoms with Crippen LogP contribution >= 0.6 is 11.6 Å². The van der Waals surface area contributed by atoms with Gasteiger partial charge in [0.05, 0.1) is 5.56 Å². The van der Waals surface area contributed by atoms with Gasteiger partial charge in [-0.3, -0.25) is 4.79 Å². The molecule has 0 unspecified atom stereocenters. The van der Waals surface area contributed by atoms with Gasteiger partial charge < -0.3 is 9.09 Å². The molecule has 2 aromatic carbocycles. The zero-order valence-corrected chi connectivity index (χ0v) is 17.9. The summed E-state index contributed by atoms with van der Waals surface area (Å²) in [6.07, 6.45) is -2.16. The molecule has 5 aromatic rings. The molecule has 3 aromatic heterocycles. The first-order valence-corrected chi connectivity index (χ1v) is 10.3. The summed E-state index contributed by atoms with van der Waals surface area (Å²) in [6, 6.07) is 14.1. The second kappa shape index (κ2) is 8.38. The quantitative estimate of drug-likeness (QED) is 0.310. The van der Waals surface area contributed by atoms with Crippen LogP contribution in [0.2, 0.25) is 5.02 Å². The molecule has 11 heteroatoms. The normalized spacial score (nSPS) is 11.8. The number of rotatable bonds is 5. The molecule has 3 heterocycles. The average Bonchev–Trinajstić information content (AvgIpc) is 3.44. The number of hydrogen-bond donors (Lipinski definition) is 0. The van der Waals surface area contributed by atoms with Crippen LogP contribution in [0, 0.1) is 0 Å². The topological polar surface area (TPSA) is 86.7 Å². The van der Waals surface area contributed by atoms with Gasteiger partial charge in [0.2, 0.25) is 11.6 Å². The lowest BCUT2D eigenvalue weighted by atomic mass is 10.1. The Bertz CT molecular complexity index is 1500. The fraction of sp³-hybridized carbons (Fsp3) is 0.0870. The molecule has 0 amide bonds. The molecule has 0 atom stereocenters. The molecule has 0 aliphatic heterocycles. The lowest BCUT2D eigenvalue weighted by molar-refractivity contribution is -0.143. The number of aromatic nitrogens is 5. The van der Waals surface area contributed by atoms with Gasteiger partial charge in [-0.05, 0) is 29.8 Å². The fourth-order valence-electron chi connectivity index (χ4n) is 3.71. The number of ketones is 1. The Morgan fingerprint density at radius 2 is 1.82 bits per heavy atom. The van der Waals surface area contributed by atoms with E-state index in [2.05, 4.69) is 20.1 Å². The molecule has 5 rings (SSSR count). The van der Waals surface area contributed by atoms with Gasteiger partial charge in [0.1, 0.15) is 17.7 Å². The molecule has 0 radical (unpaired) electrons. The summed E-state index contributed by atoms with van der Waals surface area (Å²) >= 11 is 5.91. The van der Waals surface area contributed by atoms with Crippen LogP contribution in [0.15, 0.2) is 71.6 Å². The van der Waals surface area contributed by atoms with E-state index in [1.807, 2.05) is 0 Å². The van der Waals surface area contributed by atoms with Gasteiger partial charge in [-0.25, -0.2) is 9.97 Å². The number of alkyl halides is 3. The van der Waals surface area contributed by atoms with Gasteiger partial charge >= 0.3 is 6.18 Å². The lowest BCUT2D eigenvalue weighted by Gasteiger charge is -2.14. The maximum absolute atomic E-state index is 14.4. The highest BCUT2D eigenvalue weighted by Crippen LogP contribution is 2.39. The Labute approximate surface area is 194 Å². The maximum atomic E-state index is 14.4. The second-order valence-corrected chi connectivity index (χ2v) is 7.73. The van der Waals surface area contributed by atoms with E-state index < -0.39 is 29.0 Å². The lowest BCUT2D eigenvalue weighted by Crippen LogP contribution is -2.19. The average molecular weight is 484 g/mol. The molecule has 0 aliphatic rings. The number of benzene rings is 2. The van der Waals surface area contributed by atoms with E-state index in [-0.39, 0.29) is 29.0 Å². The first-order chi connectivity index (χ1) is 16.3. The zero-order valence-electron chi connectivity index (χ0n) is 17.1. The van der Waals surface area contributed by atoms with Gasteiger partial charge in [-0.2, -0.15) is 18.2 Å². The van der Waals surface area contributed by atoms with Crippen LogP contribution in [0.3, 0.4) is 0 Å². The van der Waals surface area contributed by atoms with Crippen molar-refractivity contribution in [3.63, 3.8) is 0 Å². The van der Waals surface area contributed by atoms with Crippen molar-refractivity contribution in [1.82, 2.24) is 24.7 Å². The first kappa shape index (κ1) is 21.8. The zero-order chi connectivity index (χ0) is 23.9. The van der Waals surface area contributed by atoms with E-state index in [4.69, 9.17) is 16.1 Å². The van der Waals surface area contributed by atoms with Gasteiger partial charge in [0.15, 0.2) is 0 Å². The summed E-state index contributed by atoms with van der Waals surface area (Å²) in [7, 11) is 0. The number of para-hydroxylation sites is 1. The number of nitrogens with zero attached hydrogens (tertiary/aromatic N) is 5. The van der Waals surface area contributed by atoms with Crippen LogP contribution < -0.4 is 0 Å². The predicted molar refractivity (Wildman–Crippen MR) is 116 cm³/mol. The van der Waals surface area contributed by atoms with E-state index >= 15 is 0 Å². The van der Waals surface area contributed by atoms with Crippen LogP contribution in [-0.4, -0.2) is 30.5 Å². The Morgan fingerprint density at radius 1 is 1.06 bits per heavy atom. The number of carbonyl (C=O) groups is 1. The van der Waals surface area contributed by atoms with Gasteiger partial charge in [0.25, 0.3) is 5.89 Å². The number of carbonyl (C=O) groups excluding carboxylic acids is 1. The van der Waals surface area contributed by atoms with Gasteiger partial charge in [0, 0.05) is 28.7 Å². The van der Waals surface area contributed by atoms with Crippen molar-refractivity contribution in [1.29, 1.82) is 0 Å². The Balaban J connectivity index is 1.67. The smallest absolute Gasteiger partial charge is 0.332 e. The largest absolute Gasteiger partial charge is 0.432 e. The predicted octanol–water partition coefficient (Wildman–Crippen LogP) is 5.43. The van der Waals surface area contributed by atoms with Crippen molar-refractivity contribution in [2.24, 2.45) is 0 Å². The van der Waals surface area contributed by atoms with Crippen LogP contribution in [0.25, 0.3) is 22.5 Å². The van der Waals surface area contributed by atoms with Crippen LogP contribution in [0.4, 0.5) is 13.2 Å². The molecular weight excluding hydrogens is 471 g/mol. The Hall–Kier alpha value is -4.05. The Morgan fingerprint density at radius 3 is 2.53 bits per heavy atom. The minimum Gasteiger partial charge on any atom is -0.332 e. The molecule has 0 saturated heterocycles. The summed E-state index contributed by atoms with van der Waals surface area (Å²) in [5.74, 6) is -1.62.